The molecule has 0 aliphatic rings. The minimum atomic E-state index is -0.371. The van der Waals surface area contributed by atoms with E-state index in [1.807, 2.05) is 0 Å². The van der Waals surface area contributed by atoms with Gasteiger partial charge in [-0.3, -0.25) is 13.9 Å². The Kier molecular flexibility index (Phi) is 2.98. The molecule has 0 aliphatic carbocycles. The van der Waals surface area contributed by atoms with Crippen molar-refractivity contribution in [2.75, 3.05) is 0 Å². The van der Waals surface area contributed by atoms with Crippen LogP contribution in [0.25, 0.3) is 11.2 Å². The number of aryl methyl sites for hydroxylation is 1. The zero-order valence-corrected chi connectivity index (χ0v) is 10.2. The first-order chi connectivity index (χ1) is 6.13. The minimum absolute atomic E-state index is 0. The molecule has 68 valence electrons. The van der Waals surface area contributed by atoms with Gasteiger partial charge in [0.15, 0.2) is 5.65 Å². The van der Waals surface area contributed by atoms with E-state index in [-0.39, 0.29) is 40.8 Å². The molecule has 1 N–H and O–H groups in total. The Hall–Kier alpha value is -0.850. The van der Waals surface area contributed by atoms with Crippen molar-refractivity contribution >= 4 is 11.2 Å². The van der Waals surface area contributed by atoms with Crippen LogP contribution in [-0.2, 0) is 14.1 Å². The molecule has 0 aromatic carbocycles. The van der Waals surface area contributed by atoms with Crippen molar-refractivity contribution in [3.63, 3.8) is 0 Å². The van der Waals surface area contributed by atoms with Crippen LogP contribution in [0.15, 0.2) is 15.9 Å². The molecule has 0 bridgehead atoms. The zero-order valence-electron chi connectivity index (χ0n) is 8.24. The summed E-state index contributed by atoms with van der Waals surface area (Å²) in [5.41, 5.74) is 0.0119. The number of aromatic amines is 1. The molecule has 2 aromatic heterocycles. The summed E-state index contributed by atoms with van der Waals surface area (Å²) in [6.07, 6.45) is 1.39. The van der Waals surface area contributed by atoms with Crippen molar-refractivity contribution in [2.45, 2.75) is 0 Å². The third-order valence-corrected chi connectivity index (χ3v) is 2.03. The summed E-state index contributed by atoms with van der Waals surface area (Å²) in [7, 11) is 3.01. The molecular formula is C7H8N4NaO2+. The molecule has 0 atom stereocenters. The molecule has 0 aliphatic heterocycles. The van der Waals surface area contributed by atoms with E-state index in [0.29, 0.717) is 11.2 Å². The standard InChI is InChI=1S/C7H8N4O2.Na/c1-10-5-4(8-3-9-5)6(12)11(2)7(10)13;/h3H,1-2H3,(H,8,9);/q;+1. The molecule has 2 rings (SSSR count). The molecule has 0 amide bonds. The van der Waals surface area contributed by atoms with Gasteiger partial charge in [-0.25, -0.2) is 9.78 Å². The number of H-pyrrole nitrogens is 1. The van der Waals surface area contributed by atoms with Crippen molar-refractivity contribution in [2.24, 2.45) is 14.1 Å². The molecule has 0 saturated heterocycles. The van der Waals surface area contributed by atoms with Crippen LogP contribution in [0.2, 0.25) is 0 Å². The fourth-order valence-electron chi connectivity index (χ4n) is 1.27. The summed E-state index contributed by atoms with van der Waals surface area (Å²) in [6, 6.07) is 0. The molecule has 0 radical (unpaired) electrons. The van der Waals surface area contributed by atoms with Gasteiger partial charge >= 0.3 is 35.2 Å². The van der Waals surface area contributed by atoms with Crippen molar-refractivity contribution in [1.82, 2.24) is 19.1 Å². The number of fused-ring (bicyclic) bond motifs is 1. The average molecular weight is 203 g/mol. The van der Waals surface area contributed by atoms with Gasteiger partial charge in [0.05, 0.1) is 6.33 Å². The predicted molar refractivity (Wildman–Crippen MR) is 46.6 cm³/mol. The quantitative estimate of drug-likeness (QED) is 0.443. The van der Waals surface area contributed by atoms with Crippen LogP contribution in [-0.4, -0.2) is 19.1 Å². The molecule has 0 spiro atoms. The summed E-state index contributed by atoms with van der Waals surface area (Å²) < 4.78 is 2.37. The van der Waals surface area contributed by atoms with E-state index in [0.717, 1.165) is 4.57 Å². The Morgan fingerprint density at radius 2 is 1.93 bits per heavy atom. The number of nitrogens with zero attached hydrogens (tertiary/aromatic N) is 3. The fourth-order valence-corrected chi connectivity index (χ4v) is 1.27. The SMILES string of the molecule is Cn1c(=O)c2[nH]cnc2n(C)c1=O.[Na+]. The number of hydrogen-bond donors (Lipinski definition) is 1. The van der Waals surface area contributed by atoms with E-state index in [1.54, 1.807) is 7.05 Å². The first-order valence-corrected chi connectivity index (χ1v) is 3.72. The van der Waals surface area contributed by atoms with Gasteiger partial charge in [0.2, 0.25) is 0 Å². The van der Waals surface area contributed by atoms with Crippen molar-refractivity contribution in [3.8, 4) is 0 Å². The maximum Gasteiger partial charge on any atom is 1.00 e. The van der Waals surface area contributed by atoms with Crippen LogP contribution >= 0.6 is 0 Å². The van der Waals surface area contributed by atoms with Crippen molar-refractivity contribution in [3.05, 3.63) is 27.2 Å². The zero-order chi connectivity index (χ0) is 9.59. The summed E-state index contributed by atoms with van der Waals surface area (Å²) in [6.45, 7) is 0. The fraction of sp³-hybridized carbons (Fsp3) is 0.286. The summed E-state index contributed by atoms with van der Waals surface area (Å²) in [5, 5.41) is 0. The van der Waals surface area contributed by atoms with Gasteiger partial charge in [-0.2, -0.15) is 0 Å². The number of aromatic nitrogens is 4. The second-order valence-corrected chi connectivity index (χ2v) is 2.81. The Labute approximate surface area is 101 Å². The molecule has 14 heavy (non-hydrogen) atoms. The molecule has 2 aromatic rings. The van der Waals surface area contributed by atoms with Crippen molar-refractivity contribution < 1.29 is 29.6 Å². The molecule has 2 heterocycles. The topological polar surface area (TPSA) is 72.7 Å². The molecule has 0 saturated carbocycles. The Morgan fingerprint density at radius 3 is 2.57 bits per heavy atom. The van der Waals surface area contributed by atoms with Gasteiger partial charge in [-0.15, -0.1) is 0 Å². The van der Waals surface area contributed by atoms with Gasteiger partial charge in [0.25, 0.3) is 5.56 Å². The van der Waals surface area contributed by atoms with E-state index in [1.165, 1.54) is 17.9 Å². The van der Waals surface area contributed by atoms with E-state index in [2.05, 4.69) is 9.97 Å². The maximum atomic E-state index is 11.4. The van der Waals surface area contributed by atoms with E-state index < -0.39 is 0 Å². The second kappa shape index (κ2) is 3.72. The van der Waals surface area contributed by atoms with E-state index in [4.69, 9.17) is 0 Å². The van der Waals surface area contributed by atoms with E-state index >= 15 is 0 Å². The Balaban J connectivity index is 0.000000980. The van der Waals surface area contributed by atoms with Gasteiger partial charge < -0.3 is 4.98 Å². The maximum absolute atomic E-state index is 11.4. The van der Waals surface area contributed by atoms with Crippen LogP contribution in [0.5, 0.6) is 0 Å². The average Bonchev–Trinajstić information content (AvgIpc) is 2.59. The normalized spacial score (nSPS) is 10.1. The number of hydrogen-bond acceptors (Lipinski definition) is 3. The Morgan fingerprint density at radius 1 is 1.29 bits per heavy atom. The smallest absolute Gasteiger partial charge is 0.339 e. The molecule has 6 nitrogen and oxygen atoms in total. The third kappa shape index (κ3) is 1.35. The largest absolute Gasteiger partial charge is 1.00 e. The van der Waals surface area contributed by atoms with Crippen LogP contribution in [0, 0.1) is 0 Å². The van der Waals surface area contributed by atoms with Crippen LogP contribution in [0.4, 0.5) is 0 Å². The van der Waals surface area contributed by atoms with Gasteiger partial charge in [-0.1, -0.05) is 0 Å². The second-order valence-electron chi connectivity index (χ2n) is 2.81. The molecule has 0 fully saturated rings. The summed E-state index contributed by atoms with van der Waals surface area (Å²) in [4.78, 5) is 29.4. The van der Waals surface area contributed by atoms with Crippen LogP contribution in [0.1, 0.15) is 0 Å². The predicted octanol–water partition coefficient (Wildman–Crippen LogP) is -4.04. The number of nitrogens with one attached hydrogen (secondary N) is 1. The summed E-state index contributed by atoms with van der Waals surface area (Å²) >= 11 is 0. The Bertz CT molecular complexity index is 579. The van der Waals surface area contributed by atoms with Crippen LogP contribution < -0.4 is 40.8 Å². The number of imidazole rings is 1. The first kappa shape index (κ1) is 11.2. The van der Waals surface area contributed by atoms with E-state index in [9.17, 15) is 9.59 Å². The molecule has 7 heteroatoms. The first-order valence-electron chi connectivity index (χ1n) is 3.72. The third-order valence-electron chi connectivity index (χ3n) is 2.03. The van der Waals surface area contributed by atoms with Crippen LogP contribution in [0.3, 0.4) is 0 Å². The minimum Gasteiger partial charge on any atom is -0.339 e. The summed E-state index contributed by atoms with van der Waals surface area (Å²) in [5.74, 6) is 0. The van der Waals surface area contributed by atoms with Gasteiger partial charge in [0.1, 0.15) is 5.52 Å². The number of rotatable bonds is 0. The monoisotopic (exact) mass is 203 g/mol. The van der Waals surface area contributed by atoms with Gasteiger partial charge in [-0.05, 0) is 0 Å². The van der Waals surface area contributed by atoms with Gasteiger partial charge in [0, 0.05) is 14.1 Å². The molecular weight excluding hydrogens is 195 g/mol. The van der Waals surface area contributed by atoms with Crippen molar-refractivity contribution in [1.29, 1.82) is 0 Å². The molecule has 0 unspecified atom stereocenters.